The number of halogens is 1. The number of hydrogen-bond acceptors (Lipinski definition) is 9. The SMILES string of the molecule is Cn1nc([N+](=O)[O-])c(C(C#N)c2nc3cc([N+](=O)[O-])ccc3o2)c(Cl)c1=O. The Bertz CT molecular complexity index is 1210. The second-order valence-corrected chi connectivity index (χ2v) is 5.64. The highest BCUT2D eigenvalue weighted by Crippen LogP contribution is 2.35. The summed E-state index contributed by atoms with van der Waals surface area (Å²) >= 11 is 5.95. The second-order valence-electron chi connectivity index (χ2n) is 5.26. The van der Waals surface area contributed by atoms with Gasteiger partial charge < -0.3 is 14.5 Å². The van der Waals surface area contributed by atoms with Gasteiger partial charge in [0, 0.05) is 12.1 Å². The van der Waals surface area contributed by atoms with E-state index in [1.807, 2.05) is 0 Å². The van der Waals surface area contributed by atoms with E-state index in [2.05, 4.69) is 10.1 Å². The van der Waals surface area contributed by atoms with Crippen LogP contribution in [0.4, 0.5) is 11.5 Å². The predicted octanol–water partition coefficient (Wildman–Crippen LogP) is 2.05. The number of rotatable bonds is 4. The molecule has 0 fully saturated rings. The van der Waals surface area contributed by atoms with Crippen LogP contribution in [0.15, 0.2) is 27.4 Å². The molecule has 0 saturated carbocycles. The Morgan fingerprint density at radius 2 is 2.04 bits per heavy atom. The highest BCUT2D eigenvalue weighted by atomic mass is 35.5. The number of aryl methyl sites for hydroxylation is 1. The third kappa shape index (κ3) is 2.96. The highest BCUT2D eigenvalue weighted by molar-refractivity contribution is 6.31. The standard InChI is InChI=1S/C14H7ClN6O6/c1-19-14(22)11(15)10(12(18-19)21(25)26)7(5-16)13-17-8-4-6(20(23)24)2-3-9(8)27-13/h2-4,7H,1H3. The van der Waals surface area contributed by atoms with Crippen LogP contribution in [0.2, 0.25) is 5.02 Å². The van der Waals surface area contributed by atoms with Crippen LogP contribution < -0.4 is 5.56 Å². The summed E-state index contributed by atoms with van der Waals surface area (Å²) in [5, 5.41) is 34.6. The number of nitriles is 1. The molecule has 3 rings (SSSR count). The third-order valence-corrected chi connectivity index (χ3v) is 4.01. The lowest BCUT2D eigenvalue weighted by atomic mass is 10.0. The Balaban J connectivity index is 2.25. The van der Waals surface area contributed by atoms with E-state index in [4.69, 9.17) is 16.0 Å². The van der Waals surface area contributed by atoms with E-state index < -0.39 is 37.7 Å². The van der Waals surface area contributed by atoms with E-state index in [0.717, 1.165) is 6.07 Å². The minimum Gasteiger partial charge on any atom is -0.439 e. The number of hydrogen-bond donors (Lipinski definition) is 0. The summed E-state index contributed by atoms with van der Waals surface area (Å²) in [5.74, 6) is -2.64. The summed E-state index contributed by atoms with van der Waals surface area (Å²) < 4.78 is 6.07. The van der Waals surface area contributed by atoms with E-state index in [0.29, 0.717) is 4.68 Å². The van der Waals surface area contributed by atoms with Crippen molar-refractivity contribution in [1.82, 2.24) is 14.8 Å². The lowest BCUT2D eigenvalue weighted by Gasteiger charge is -2.08. The molecule has 0 bridgehead atoms. The molecule has 27 heavy (non-hydrogen) atoms. The molecule has 0 saturated heterocycles. The molecule has 12 nitrogen and oxygen atoms in total. The quantitative estimate of drug-likeness (QED) is 0.477. The van der Waals surface area contributed by atoms with Gasteiger partial charge in [-0.25, -0.2) is 4.98 Å². The van der Waals surface area contributed by atoms with Crippen molar-refractivity contribution in [2.75, 3.05) is 0 Å². The first kappa shape index (κ1) is 18.0. The number of fused-ring (bicyclic) bond motifs is 1. The minimum atomic E-state index is -1.52. The Labute approximate surface area is 153 Å². The van der Waals surface area contributed by atoms with Crippen molar-refractivity contribution in [3.05, 3.63) is 65.3 Å². The molecule has 2 heterocycles. The van der Waals surface area contributed by atoms with Gasteiger partial charge in [0.1, 0.15) is 16.1 Å². The number of nitro benzene ring substituents is 1. The Morgan fingerprint density at radius 1 is 1.33 bits per heavy atom. The van der Waals surface area contributed by atoms with Gasteiger partial charge in [0.2, 0.25) is 5.89 Å². The van der Waals surface area contributed by atoms with E-state index in [-0.39, 0.29) is 22.7 Å². The Morgan fingerprint density at radius 3 is 2.63 bits per heavy atom. The van der Waals surface area contributed by atoms with Gasteiger partial charge in [-0.1, -0.05) is 11.6 Å². The lowest BCUT2D eigenvalue weighted by Crippen LogP contribution is -2.24. The molecule has 0 aliphatic rings. The second kappa shape index (κ2) is 6.46. The molecule has 0 amide bonds. The smallest absolute Gasteiger partial charge is 0.395 e. The summed E-state index contributed by atoms with van der Waals surface area (Å²) in [4.78, 5) is 36.6. The van der Waals surface area contributed by atoms with Crippen LogP contribution in [0.25, 0.3) is 11.1 Å². The molecule has 1 unspecified atom stereocenters. The summed E-state index contributed by atoms with van der Waals surface area (Å²) in [6.45, 7) is 0. The molecule has 3 aromatic rings. The molecule has 0 aliphatic carbocycles. The molecule has 0 radical (unpaired) electrons. The fraction of sp³-hybridized carbons (Fsp3) is 0.143. The van der Waals surface area contributed by atoms with Gasteiger partial charge in [0.15, 0.2) is 11.5 Å². The number of nitro groups is 2. The molecular formula is C14H7ClN6O6. The first-order valence-corrected chi connectivity index (χ1v) is 7.48. The number of nitrogens with zero attached hydrogens (tertiary/aromatic N) is 6. The van der Waals surface area contributed by atoms with Crippen molar-refractivity contribution in [3.8, 4) is 6.07 Å². The van der Waals surface area contributed by atoms with Gasteiger partial charge in [-0.05, 0) is 11.0 Å². The zero-order valence-electron chi connectivity index (χ0n) is 13.3. The predicted molar refractivity (Wildman–Crippen MR) is 89.3 cm³/mol. The largest absolute Gasteiger partial charge is 0.439 e. The molecule has 13 heteroatoms. The monoisotopic (exact) mass is 390 g/mol. The van der Waals surface area contributed by atoms with Crippen molar-refractivity contribution in [3.63, 3.8) is 0 Å². The zero-order chi connectivity index (χ0) is 19.9. The van der Waals surface area contributed by atoms with E-state index >= 15 is 0 Å². The van der Waals surface area contributed by atoms with Crippen LogP contribution in [0, 0.1) is 31.6 Å². The average molecular weight is 391 g/mol. The van der Waals surface area contributed by atoms with Crippen LogP contribution >= 0.6 is 11.6 Å². The van der Waals surface area contributed by atoms with Gasteiger partial charge in [0.25, 0.3) is 5.69 Å². The molecule has 136 valence electrons. The number of non-ortho nitro benzene ring substituents is 1. The third-order valence-electron chi connectivity index (χ3n) is 3.64. The first-order valence-electron chi connectivity index (χ1n) is 7.10. The number of aromatic nitrogens is 3. The summed E-state index contributed by atoms with van der Waals surface area (Å²) in [5.41, 5.74) is -1.38. The summed E-state index contributed by atoms with van der Waals surface area (Å²) in [6.07, 6.45) is 0. The molecule has 0 aliphatic heterocycles. The Kier molecular flexibility index (Phi) is 4.30. The van der Waals surface area contributed by atoms with Gasteiger partial charge in [-0.2, -0.15) is 5.26 Å². The topological polar surface area (TPSA) is 171 Å². The highest BCUT2D eigenvalue weighted by Gasteiger charge is 2.34. The van der Waals surface area contributed by atoms with Gasteiger partial charge in [-0.15, -0.1) is 4.68 Å². The first-order chi connectivity index (χ1) is 12.7. The lowest BCUT2D eigenvalue weighted by molar-refractivity contribution is -0.391. The minimum absolute atomic E-state index is 0.0648. The maximum absolute atomic E-state index is 12.0. The van der Waals surface area contributed by atoms with Crippen LogP contribution in [-0.4, -0.2) is 24.6 Å². The van der Waals surface area contributed by atoms with Gasteiger partial charge >= 0.3 is 11.4 Å². The maximum Gasteiger partial charge on any atom is 0.395 e. The summed E-state index contributed by atoms with van der Waals surface area (Å²) in [7, 11) is 1.17. The molecule has 1 aromatic carbocycles. The van der Waals surface area contributed by atoms with Crippen LogP contribution in [0.3, 0.4) is 0 Å². The fourth-order valence-electron chi connectivity index (χ4n) is 2.40. The fourth-order valence-corrected chi connectivity index (χ4v) is 2.72. The van der Waals surface area contributed by atoms with E-state index in [1.54, 1.807) is 6.07 Å². The zero-order valence-corrected chi connectivity index (χ0v) is 14.1. The van der Waals surface area contributed by atoms with Crippen LogP contribution in [0.5, 0.6) is 0 Å². The number of benzene rings is 1. The van der Waals surface area contributed by atoms with Crippen molar-refractivity contribution in [1.29, 1.82) is 5.26 Å². The molecule has 2 aromatic heterocycles. The molecule has 1 atom stereocenters. The Hall–Kier alpha value is -3.85. The van der Waals surface area contributed by atoms with Crippen molar-refractivity contribution < 1.29 is 14.3 Å². The number of oxazole rings is 1. The average Bonchev–Trinajstić information content (AvgIpc) is 3.04. The molecular weight excluding hydrogens is 384 g/mol. The van der Waals surface area contributed by atoms with Crippen molar-refractivity contribution in [2.45, 2.75) is 5.92 Å². The van der Waals surface area contributed by atoms with E-state index in [9.17, 15) is 30.3 Å². The normalized spacial score (nSPS) is 11.9. The summed E-state index contributed by atoms with van der Waals surface area (Å²) in [6, 6.07) is 5.32. The van der Waals surface area contributed by atoms with Crippen LogP contribution in [0.1, 0.15) is 17.4 Å². The van der Waals surface area contributed by atoms with E-state index in [1.165, 1.54) is 19.2 Å². The molecule has 0 N–H and O–H groups in total. The van der Waals surface area contributed by atoms with Gasteiger partial charge in [0.05, 0.1) is 23.1 Å². The molecule has 0 spiro atoms. The van der Waals surface area contributed by atoms with Gasteiger partial charge in [-0.3, -0.25) is 14.9 Å². The van der Waals surface area contributed by atoms with Crippen LogP contribution in [-0.2, 0) is 7.05 Å². The maximum atomic E-state index is 12.0. The van der Waals surface area contributed by atoms with Crippen molar-refractivity contribution >= 4 is 34.2 Å². The van der Waals surface area contributed by atoms with Crippen molar-refractivity contribution in [2.24, 2.45) is 7.05 Å².